The summed E-state index contributed by atoms with van der Waals surface area (Å²) in [5, 5.41) is 6.40. The first-order valence-electron chi connectivity index (χ1n) is 15.3. The molecule has 0 saturated heterocycles. The number of benzene rings is 4. The van der Waals surface area contributed by atoms with Crippen molar-refractivity contribution >= 4 is 86.9 Å². The molecule has 1 aliphatic rings. The van der Waals surface area contributed by atoms with Crippen molar-refractivity contribution in [2.45, 2.75) is 37.6 Å². The fourth-order valence-electron chi connectivity index (χ4n) is 5.74. The van der Waals surface area contributed by atoms with E-state index in [4.69, 9.17) is 0 Å². The monoisotopic (exact) mass is 707 g/mol. The minimum absolute atomic E-state index is 0.284. The predicted octanol–water partition coefficient (Wildman–Crippen LogP) is 7.85. The quantitative estimate of drug-likeness (QED) is 0.0766. The molecular weight excluding hydrogens is 673 g/mol. The van der Waals surface area contributed by atoms with Crippen LogP contribution in [0.25, 0.3) is 37.8 Å². The van der Waals surface area contributed by atoms with E-state index in [1.54, 1.807) is 23.1 Å². The summed E-state index contributed by atoms with van der Waals surface area (Å²) in [4.78, 5) is 3.21. The van der Waals surface area contributed by atoms with E-state index in [1.165, 1.54) is 0 Å². The smallest absolute Gasteiger partial charge is 0.265 e. The average molecular weight is 708 g/mol. The van der Waals surface area contributed by atoms with Crippen LogP contribution in [0.1, 0.15) is 31.2 Å². The Morgan fingerprint density at radius 3 is 2.13 bits per heavy atom. The molecule has 5 aromatic rings. The van der Waals surface area contributed by atoms with Gasteiger partial charge in [0.05, 0.1) is 22.2 Å². The number of thioether (sulfide) groups is 1. The molecule has 1 aliphatic heterocycles. The van der Waals surface area contributed by atoms with Crippen LogP contribution in [0, 0.1) is 0 Å². The third-order valence-corrected chi connectivity index (χ3v) is 11.9. The Bertz CT molecular complexity index is 2290. The summed E-state index contributed by atoms with van der Waals surface area (Å²) in [5.41, 5.74) is 3.10. The normalized spacial score (nSPS) is 15.2. The van der Waals surface area contributed by atoms with Crippen molar-refractivity contribution in [3.63, 3.8) is 0 Å². The van der Waals surface area contributed by atoms with E-state index in [0.29, 0.717) is 13.1 Å². The number of aromatic nitrogens is 1. The first kappa shape index (κ1) is 33.4. The number of thiazole rings is 1. The fourth-order valence-corrected chi connectivity index (χ4v) is 8.97. The number of allylic oxidation sites excluding steroid dienone is 4. The molecule has 0 aliphatic carbocycles. The number of rotatable bonds is 12. The van der Waals surface area contributed by atoms with Gasteiger partial charge < -0.3 is 4.90 Å². The van der Waals surface area contributed by atoms with Gasteiger partial charge in [0, 0.05) is 30.0 Å². The van der Waals surface area contributed by atoms with Crippen LogP contribution in [-0.4, -0.2) is 44.0 Å². The van der Waals surface area contributed by atoms with Gasteiger partial charge in [-0.15, -0.1) is 0 Å². The minimum Gasteiger partial charge on any atom is -0.335 e. The highest BCUT2D eigenvalue weighted by Crippen LogP contribution is 2.47. The third-order valence-electron chi connectivity index (χ3n) is 8.05. The number of hydrogen-bond donors (Lipinski definition) is 2. The summed E-state index contributed by atoms with van der Waals surface area (Å²) in [5.74, 6) is -0.615. The summed E-state index contributed by atoms with van der Waals surface area (Å²) in [6.07, 6.45) is 9.60. The van der Waals surface area contributed by atoms with E-state index < -0.39 is 20.2 Å². The van der Waals surface area contributed by atoms with E-state index in [9.17, 15) is 25.9 Å². The first-order chi connectivity index (χ1) is 22.5. The standard InChI is InChI=1S/C35H34N2O6S4/c1-2-25(13-15-34-36(17-7-19-46(38,39)40)30-21-26-9-3-5-11-28(26)23-32(30)44-34)14-16-35-37(18-8-20-47(41,42)43)31-22-27-10-4-6-12-29(27)24-33(31)45-35/h3-6,9-16,21-24H,2,7-8,17-20H2,1H3,(H-,38,39,40,41,42,43)/p+1. The molecule has 0 bridgehead atoms. The minimum atomic E-state index is -4.06. The largest absolute Gasteiger partial charge is 0.335 e. The van der Waals surface area contributed by atoms with Crippen LogP contribution in [0.2, 0.25) is 0 Å². The SMILES string of the molecule is CCC(C=Cc1sc2cc3ccccc3cc2[n+]1CCCS(=O)(=O)O)=CC=C1Sc2cc3ccccc3cc2N1CCCS(=O)(=O)O. The van der Waals surface area contributed by atoms with Gasteiger partial charge in [0.25, 0.3) is 25.2 Å². The highest BCUT2D eigenvalue weighted by atomic mass is 32.2. The summed E-state index contributed by atoms with van der Waals surface area (Å²) in [6, 6.07) is 24.8. The number of hydrogen-bond acceptors (Lipinski definition) is 7. The van der Waals surface area contributed by atoms with Gasteiger partial charge in [-0.3, -0.25) is 9.11 Å². The Morgan fingerprint density at radius 1 is 0.851 bits per heavy atom. The van der Waals surface area contributed by atoms with Crippen LogP contribution in [0.4, 0.5) is 5.69 Å². The van der Waals surface area contributed by atoms with Crippen molar-refractivity contribution in [1.82, 2.24) is 0 Å². The molecule has 0 atom stereocenters. The van der Waals surface area contributed by atoms with Crippen molar-refractivity contribution in [3.8, 4) is 0 Å². The predicted molar refractivity (Wildman–Crippen MR) is 194 cm³/mol. The zero-order valence-electron chi connectivity index (χ0n) is 25.7. The van der Waals surface area contributed by atoms with E-state index in [1.807, 2.05) is 24.3 Å². The average Bonchev–Trinajstić information content (AvgIpc) is 3.53. The molecule has 0 radical (unpaired) electrons. The Hall–Kier alpha value is -3.52. The van der Waals surface area contributed by atoms with Crippen molar-refractivity contribution in [2.24, 2.45) is 0 Å². The second-order valence-electron chi connectivity index (χ2n) is 11.4. The zero-order valence-corrected chi connectivity index (χ0v) is 29.0. The maximum absolute atomic E-state index is 11.5. The third kappa shape index (κ3) is 8.14. The van der Waals surface area contributed by atoms with Crippen LogP contribution < -0.4 is 9.47 Å². The van der Waals surface area contributed by atoms with E-state index in [-0.39, 0.29) is 24.3 Å². The molecule has 1 aromatic heterocycles. The molecule has 47 heavy (non-hydrogen) atoms. The molecule has 6 rings (SSSR count). The molecule has 2 heterocycles. The number of nitrogens with zero attached hydrogens (tertiary/aromatic N) is 2. The summed E-state index contributed by atoms with van der Waals surface area (Å²) in [6.45, 7) is 2.96. The molecule has 8 nitrogen and oxygen atoms in total. The maximum Gasteiger partial charge on any atom is 0.265 e. The Morgan fingerprint density at radius 2 is 1.47 bits per heavy atom. The molecule has 0 unspecified atom stereocenters. The zero-order chi connectivity index (χ0) is 33.2. The van der Waals surface area contributed by atoms with Gasteiger partial charge >= 0.3 is 0 Å². The van der Waals surface area contributed by atoms with Crippen LogP contribution in [-0.2, 0) is 26.8 Å². The molecule has 2 N–H and O–H groups in total. The van der Waals surface area contributed by atoms with Crippen molar-refractivity contribution in [2.75, 3.05) is 23.0 Å². The highest BCUT2D eigenvalue weighted by molar-refractivity contribution is 8.03. The number of fused-ring (bicyclic) bond motifs is 4. The Balaban J connectivity index is 1.32. The van der Waals surface area contributed by atoms with E-state index in [0.717, 1.165) is 64.4 Å². The van der Waals surface area contributed by atoms with Gasteiger partial charge in [-0.05, 0) is 64.2 Å². The Labute approximate surface area is 283 Å². The lowest BCUT2D eigenvalue weighted by Crippen LogP contribution is -2.36. The molecule has 4 aromatic carbocycles. The van der Waals surface area contributed by atoms with E-state index >= 15 is 0 Å². The fraction of sp³-hybridized carbons (Fsp3) is 0.229. The summed E-state index contributed by atoms with van der Waals surface area (Å²) >= 11 is 3.27. The second-order valence-corrected chi connectivity index (χ2v) is 16.7. The molecule has 0 spiro atoms. The number of anilines is 1. The highest BCUT2D eigenvalue weighted by Gasteiger charge is 2.26. The Kier molecular flexibility index (Phi) is 9.88. The van der Waals surface area contributed by atoms with Gasteiger partial charge in [0.2, 0.25) is 5.52 Å². The summed E-state index contributed by atoms with van der Waals surface area (Å²) < 4.78 is 67.7. The van der Waals surface area contributed by atoms with Gasteiger partial charge in [0.15, 0.2) is 6.54 Å². The van der Waals surface area contributed by atoms with E-state index in [2.05, 4.69) is 89.2 Å². The van der Waals surface area contributed by atoms with Crippen LogP contribution in [0.3, 0.4) is 0 Å². The summed E-state index contributed by atoms with van der Waals surface area (Å²) in [7, 11) is -8.13. The van der Waals surface area contributed by atoms with Crippen molar-refractivity contribution in [3.05, 3.63) is 107 Å². The molecular formula is C35H35N2O6S4+. The van der Waals surface area contributed by atoms with Gasteiger partial charge in [-0.2, -0.15) is 21.4 Å². The first-order valence-corrected chi connectivity index (χ1v) is 20.1. The molecule has 0 amide bonds. The van der Waals surface area contributed by atoms with Crippen LogP contribution >= 0.6 is 23.1 Å². The maximum atomic E-state index is 11.5. The van der Waals surface area contributed by atoms with Crippen molar-refractivity contribution < 1.29 is 30.5 Å². The molecule has 244 valence electrons. The lowest BCUT2D eigenvalue weighted by Gasteiger charge is -2.20. The molecule has 0 fully saturated rings. The van der Waals surface area contributed by atoms with Gasteiger partial charge in [-0.1, -0.05) is 90.7 Å². The van der Waals surface area contributed by atoms with Crippen LogP contribution in [0.15, 0.2) is 107 Å². The van der Waals surface area contributed by atoms with Gasteiger partial charge in [0.1, 0.15) is 4.70 Å². The second kappa shape index (κ2) is 13.9. The topological polar surface area (TPSA) is 116 Å². The number of aryl methyl sites for hydroxylation is 1. The lowest BCUT2D eigenvalue weighted by atomic mass is 10.1. The molecule has 12 heteroatoms. The van der Waals surface area contributed by atoms with Gasteiger partial charge in [-0.25, -0.2) is 0 Å². The van der Waals surface area contributed by atoms with Crippen molar-refractivity contribution in [1.29, 1.82) is 0 Å². The molecule has 0 saturated carbocycles. The lowest BCUT2D eigenvalue weighted by molar-refractivity contribution is -0.668. The van der Waals surface area contributed by atoms with Crippen LogP contribution in [0.5, 0.6) is 0 Å².